The molecule has 0 aliphatic carbocycles. The van der Waals surface area contributed by atoms with Crippen molar-refractivity contribution in [3.63, 3.8) is 0 Å². The Balaban J connectivity index is 2.87. The number of benzene rings is 1. The second-order valence-corrected chi connectivity index (χ2v) is 2.73. The first-order chi connectivity index (χ1) is 6.15. The van der Waals surface area contributed by atoms with E-state index in [2.05, 4.69) is 4.74 Å². The largest absolute Gasteiger partial charge is 0.465 e. The van der Waals surface area contributed by atoms with E-state index >= 15 is 0 Å². The molecule has 2 nitrogen and oxygen atoms in total. The number of esters is 1. The van der Waals surface area contributed by atoms with Crippen LogP contribution >= 0.6 is 0 Å². The van der Waals surface area contributed by atoms with Crippen molar-refractivity contribution >= 4 is 5.97 Å². The van der Waals surface area contributed by atoms with Crippen LogP contribution < -0.4 is 0 Å². The zero-order chi connectivity index (χ0) is 9.84. The van der Waals surface area contributed by atoms with Crippen LogP contribution in [0.2, 0.25) is 0 Å². The predicted molar refractivity (Wildman–Crippen MR) is 47.3 cm³/mol. The lowest BCUT2D eigenvalue weighted by atomic mass is 10.1. The molecule has 0 saturated carbocycles. The van der Waals surface area contributed by atoms with Gasteiger partial charge in [-0.2, -0.15) is 0 Å². The number of halogens is 1. The molecule has 0 aliphatic heterocycles. The molecule has 70 valence electrons. The molecule has 0 saturated heterocycles. The molecule has 0 amide bonds. The van der Waals surface area contributed by atoms with Gasteiger partial charge in [-0.1, -0.05) is 12.1 Å². The van der Waals surface area contributed by atoms with Crippen LogP contribution in [0.5, 0.6) is 0 Å². The zero-order valence-electron chi connectivity index (χ0n) is 7.58. The molecule has 1 unspecified atom stereocenters. The maximum Gasteiger partial charge on any atom is 0.337 e. The van der Waals surface area contributed by atoms with E-state index in [1.165, 1.54) is 14.0 Å². The fourth-order valence-electron chi connectivity index (χ4n) is 1.00. The molecule has 13 heavy (non-hydrogen) atoms. The maximum atomic E-state index is 12.7. The molecule has 1 rings (SSSR count). The van der Waals surface area contributed by atoms with Crippen LogP contribution in [0.25, 0.3) is 0 Å². The molecular formula is C10H11FO2. The summed E-state index contributed by atoms with van der Waals surface area (Å²) in [5.41, 5.74) is 1.000. The van der Waals surface area contributed by atoms with Crippen molar-refractivity contribution in [3.05, 3.63) is 35.4 Å². The minimum Gasteiger partial charge on any atom is -0.465 e. The minimum atomic E-state index is -1.01. The third kappa shape index (κ3) is 2.28. The standard InChI is InChI=1S/C10H11FO2/c1-7(11)8-3-5-9(6-4-8)10(12)13-2/h3-7H,1-2H3. The molecule has 0 fully saturated rings. The Hall–Kier alpha value is -1.38. The third-order valence-corrected chi connectivity index (χ3v) is 1.79. The summed E-state index contributed by atoms with van der Waals surface area (Å²) in [5, 5.41) is 0. The van der Waals surface area contributed by atoms with E-state index in [0.717, 1.165) is 0 Å². The van der Waals surface area contributed by atoms with Gasteiger partial charge in [-0.15, -0.1) is 0 Å². The maximum absolute atomic E-state index is 12.7. The fourth-order valence-corrected chi connectivity index (χ4v) is 1.00. The smallest absolute Gasteiger partial charge is 0.337 e. The van der Waals surface area contributed by atoms with Crippen molar-refractivity contribution in [1.82, 2.24) is 0 Å². The first-order valence-electron chi connectivity index (χ1n) is 3.97. The summed E-state index contributed by atoms with van der Waals surface area (Å²) >= 11 is 0. The Kier molecular flexibility index (Phi) is 3.01. The molecule has 0 radical (unpaired) electrons. The highest BCUT2D eigenvalue weighted by Gasteiger charge is 2.06. The third-order valence-electron chi connectivity index (χ3n) is 1.79. The topological polar surface area (TPSA) is 26.3 Å². The highest BCUT2D eigenvalue weighted by atomic mass is 19.1. The summed E-state index contributed by atoms with van der Waals surface area (Å²) in [7, 11) is 1.31. The Labute approximate surface area is 76.3 Å². The molecule has 0 N–H and O–H groups in total. The number of hydrogen-bond acceptors (Lipinski definition) is 2. The normalized spacial score (nSPS) is 12.2. The Morgan fingerprint density at radius 3 is 2.31 bits per heavy atom. The van der Waals surface area contributed by atoms with E-state index < -0.39 is 12.1 Å². The van der Waals surface area contributed by atoms with Crippen molar-refractivity contribution in [2.45, 2.75) is 13.1 Å². The average molecular weight is 182 g/mol. The van der Waals surface area contributed by atoms with Gasteiger partial charge in [0, 0.05) is 0 Å². The lowest BCUT2D eigenvalue weighted by Crippen LogP contribution is -2.00. The highest BCUT2D eigenvalue weighted by molar-refractivity contribution is 5.89. The van der Waals surface area contributed by atoms with Gasteiger partial charge in [-0.05, 0) is 24.6 Å². The van der Waals surface area contributed by atoms with Gasteiger partial charge in [0.15, 0.2) is 0 Å². The van der Waals surface area contributed by atoms with Crippen LogP contribution in [0, 0.1) is 0 Å². The molecule has 0 spiro atoms. The van der Waals surface area contributed by atoms with E-state index in [0.29, 0.717) is 11.1 Å². The van der Waals surface area contributed by atoms with Gasteiger partial charge in [0.25, 0.3) is 0 Å². The molecule has 0 aliphatic rings. The van der Waals surface area contributed by atoms with Crippen LogP contribution in [-0.2, 0) is 4.74 Å². The Bertz CT molecular complexity index is 290. The van der Waals surface area contributed by atoms with Gasteiger partial charge in [-0.3, -0.25) is 0 Å². The molecule has 0 aromatic heterocycles. The summed E-state index contributed by atoms with van der Waals surface area (Å²) in [5.74, 6) is -0.405. The van der Waals surface area contributed by atoms with E-state index in [9.17, 15) is 9.18 Å². The van der Waals surface area contributed by atoms with Crippen molar-refractivity contribution in [1.29, 1.82) is 0 Å². The molecule has 3 heteroatoms. The summed E-state index contributed by atoms with van der Waals surface area (Å²) in [4.78, 5) is 11.0. The fraction of sp³-hybridized carbons (Fsp3) is 0.300. The first kappa shape index (κ1) is 9.71. The SMILES string of the molecule is COC(=O)c1ccc(C(C)F)cc1. The number of carbonyl (C=O) groups is 1. The lowest BCUT2D eigenvalue weighted by Gasteiger charge is -2.02. The summed E-state index contributed by atoms with van der Waals surface area (Å²) < 4.78 is 17.2. The number of hydrogen-bond donors (Lipinski definition) is 0. The number of ether oxygens (including phenoxy) is 1. The predicted octanol–water partition coefficient (Wildman–Crippen LogP) is 2.50. The van der Waals surface area contributed by atoms with Crippen LogP contribution in [0.3, 0.4) is 0 Å². The Morgan fingerprint density at radius 1 is 1.38 bits per heavy atom. The van der Waals surface area contributed by atoms with Crippen molar-refractivity contribution in [2.24, 2.45) is 0 Å². The van der Waals surface area contributed by atoms with Crippen LogP contribution in [0.4, 0.5) is 4.39 Å². The average Bonchev–Trinajstić information content (AvgIpc) is 2.17. The monoisotopic (exact) mass is 182 g/mol. The van der Waals surface area contributed by atoms with Crippen LogP contribution in [0.15, 0.2) is 24.3 Å². The quantitative estimate of drug-likeness (QED) is 0.657. The molecule has 0 heterocycles. The summed E-state index contributed by atoms with van der Waals surface area (Å²) in [6.07, 6.45) is -1.01. The van der Waals surface area contributed by atoms with E-state index in [1.807, 2.05) is 0 Å². The summed E-state index contributed by atoms with van der Waals surface area (Å²) in [6, 6.07) is 6.27. The van der Waals surface area contributed by atoms with Crippen LogP contribution in [-0.4, -0.2) is 13.1 Å². The molecule has 0 bridgehead atoms. The Morgan fingerprint density at radius 2 is 1.92 bits per heavy atom. The highest BCUT2D eigenvalue weighted by Crippen LogP contribution is 2.16. The van der Waals surface area contributed by atoms with Gasteiger partial charge in [-0.25, -0.2) is 9.18 Å². The van der Waals surface area contributed by atoms with E-state index in [1.54, 1.807) is 24.3 Å². The van der Waals surface area contributed by atoms with Crippen molar-refractivity contribution in [3.8, 4) is 0 Å². The van der Waals surface area contributed by atoms with E-state index in [4.69, 9.17) is 0 Å². The van der Waals surface area contributed by atoms with Crippen LogP contribution in [0.1, 0.15) is 29.0 Å². The minimum absolute atomic E-state index is 0.405. The number of methoxy groups -OCH3 is 1. The zero-order valence-corrected chi connectivity index (χ0v) is 7.58. The second-order valence-electron chi connectivity index (χ2n) is 2.73. The van der Waals surface area contributed by atoms with Gasteiger partial charge >= 0.3 is 5.97 Å². The van der Waals surface area contributed by atoms with Gasteiger partial charge in [0.05, 0.1) is 12.7 Å². The summed E-state index contributed by atoms with van der Waals surface area (Å²) in [6.45, 7) is 1.45. The first-order valence-corrected chi connectivity index (χ1v) is 3.97. The number of alkyl halides is 1. The molecule has 1 atom stereocenters. The van der Waals surface area contributed by atoms with Gasteiger partial charge in [0.1, 0.15) is 6.17 Å². The molecule has 1 aromatic rings. The van der Waals surface area contributed by atoms with E-state index in [-0.39, 0.29) is 0 Å². The molecule has 1 aromatic carbocycles. The lowest BCUT2D eigenvalue weighted by molar-refractivity contribution is 0.0600. The second kappa shape index (κ2) is 4.03. The van der Waals surface area contributed by atoms with Crippen molar-refractivity contribution in [2.75, 3.05) is 7.11 Å². The van der Waals surface area contributed by atoms with Gasteiger partial charge in [0.2, 0.25) is 0 Å². The molecular weight excluding hydrogens is 171 g/mol. The van der Waals surface area contributed by atoms with Crippen molar-refractivity contribution < 1.29 is 13.9 Å². The number of carbonyl (C=O) groups excluding carboxylic acids is 1. The van der Waals surface area contributed by atoms with Gasteiger partial charge < -0.3 is 4.74 Å². The number of rotatable bonds is 2.